The van der Waals surface area contributed by atoms with Gasteiger partial charge in [0.2, 0.25) is 0 Å². The molecule has 0 unspecified atom stereocenters. The summed E-state index contributed by atoms with van der Waals surface area (Å²) in [5, 5.41) is 0.395. The summed E-state index contributed by atoms with van der Waals surface area (Å²) in [5.74, 6) is 0. The molecule has 1 aliphatic rings. The third-order valence-electron chi connectivity index (χ3n) is 4.63. The lowest BCUT2D eigenvalue weighted by Crippen LogP contribution is -2.45. The zero-order valence-electron chi connectivity index (χ0n) is 14.9. The summed E-state index contributed by atoms with van der Waals surface area (Å²) >= 11 is 5.88. The Morgan fingerprint density at radius 3 is 2.38 bits per heavy atom. The van der Waals surface area contributed by atoms with E-state index in [0.29, 0.717) is 10.7 Å². The van der Waals surface area contributed by atoms with E-state index < -0.39 is 10.0 Å². The lowest BCUT2D eigenvalue weighted by Gasteiger charge is -2.32. The Kier molecular flexibility index (Phi) is 6.19. The van der Waals surface area contributed by atoms with Crippen molar-refractivity contribution in [2.24, 2.45) is 0 Å². The second kappa shape index (κ2) is 8.39. The number of halogens is 1. The predicted molar refractivity (Wildman–Crippen MR) is 106 cm³/mol. The van der Waals surface area contributed by atoms with Gasteiger partial charge in [-0.15, -0.1) is 0 Å². The molecule has 0 spiro atoms. The minimum Gasteiger partial charge on any atom is -0.304 e. The van der Waals surface area contributed by atoms with Crippen molar-refractivity contribution in [3.8, 4) is 0 Å². The Bertz CT molecular complexity index is 832. The number of piperazine rings is 1. The van der Waals surface area contributed by atoms with Crippen LogP contribution in [0.1, 0.15) is 5.56 Å². The van der Waals surface area contributed by atoms with E-state index >= 15 is 0 Å². The van der Waals surface area contributed by atoms with Gasteiger partial charge in [0.25, 0.3) is 10.0 Å². The highest BCUT2D eigenvalue weighted by molar-refractivity contribution is 7.92. The molecule has 3 rings (SSSR count). The first-order valence-corrected chi connectivity index (χ1v) is 10.6. The Morgan fingerprint density at radius 2 is 1.73 bits per heavy atom. The molecule has 1 N–H and O–H groups in total. The van der Waals surface area contributed by atoms with E-state index in [1.54, 1.807) is 24.3 Å². The predicted octanol–water partition coefficient (Wildman–Crippen LogP) is 2.93. The van der Waals surface area contributed by atoms with Crippen molar-refractivity contribution in [3.05, 3.63) is 59.1 Å². The van der Waals surface area contributed by atoms with E-state index in [0.717, 1.165) is 39.1 Å². The van der Waals surface area contributed by atoms with Crippen LogP contribution in [0.4, 0.5) is 5.69 Å². The van der Waals surface area contributed by atoms with Gasteiger partial charge in [-0.05, 0) is 49.4 Å². The average molecular weight is 394 g/mol. The van der Waals surface area contributed by atoms with Gasteiger partial charge in [0, 0.05) is 43.4 Å². The summed E-state index contributed by atoms with van der Waals surface area (Å²) in [4.78, 5) is 4.97. The standard InChI is InChI=1S/C19H24ClN3O2S/c1-22-11-13-23(14-12-22)10-9-16-5-7-18(8-6-16)21-26(24,25)19-4-2-3-17(20)15-19/h2-8,15,21H,9-14H2,1H3. The van der Waals surface area contributed by atoms with Crippen molar-refractivity contribution < 1.29 is 8.42 Å². The van der Waals surface area contributed by atoms with Crippen LogP contribution in [0.15, 0.2) is 53.4 Å². The first-order chi connectivity index (χ1) is 12.4. The Morgan fingerprint density at radius 1 is 1.04 bits per heavy atom. The largest absolute Gasteiger partial charge is 0.304 e. The topological polar surface area (TPSA) is 52.6 Å². The van der Waals surface area contributed by atoms with E-state index in [2.05, 4.69) is 21.6 Å². The zero-order valence-corrected chi connectivity index (χ0v) is 16.4. The highest BCUT2D eigenvalue weighted by atomic mass is 35.5. The number of hydrogen-bond donors (Lipinski definition) is 1. The molecule has 0 bridgehead atoms. The van der Waals surface area contributed by atoms with Gasteiger partial charge >= 0.3 is 0 Å². The second-order valence-electron chi connectivity index (χ2n) is 6.65. The monoisotopic (exact) mass is 393 g/mol. The molecule has 5 nitrogen and oxygen atoms in total. The highest BCUT2D eigenvalue weighted by Crippen LogP contribution is 2.19. The van der Waals surface area contributed by atoms with E-state index in [9.17, 15) is 8.42 Å². The Hall–Kier alpha value is -1.60. The summed E-state index contributed by atoms with van der Waals surface area (Å²) in [6, 6.07) is 13.8. The maximum Gasteiger partial charge on any atom is 0.261 e. The molecule has 1 saturated heterocycles. The molecular weight excluding hydrogens is 370 g/mol. The molecule has 0 saturated carbocycles. The number of rotatable bonds is 6. The van der Waals surface area contributed by atoms with Crippen LogP contribution < -0.4 is 4.72 Å². The molecule has 1 fully saturated rings. The van der Waals surface area contributed by atoms with Gasteiger partial charge in [0.15, 0.2) is 0 Å². The molecular formula is C19H24ClN3O2S. The summed E-state index contributed by atoms with van der Waals surface area (Å²) in [7, 11) is -1.48. The van der Waals surface area contributed by atoms with E-state index in [1.165, 1.54) is 17.7 Å². The van der Waals surface area contributed by atoms with Gasteiger partial charge in [-0.3, -0.25) is 4.72 Å². The van der Waals surface area contributed by atoms with Crippen molar-refractivity contribution in [2.75, 3.05) is 44.5 Å². The Labute approximate surface area is 160 Å². The maximum atomic E-state index is 12.4. The quantitative estimate of drug-likeness (QED) is 0.819. The molecule has 1 heterocycles. The molecule has 0 aliphatic carbocycles. The summed E-state index contributed by atoms with van der Waals surface area (Å²) < 4.78 is 27.4. The summed E-state index contributed by atoms with van der Waals surface area (Å²) in [5.41, 5.74) is 1.75. The van der Waals surface area contributed by atoms with Gasteiger partial charge in [-0.1, -0.05) is 29.8 Å². The van der Waals surface area contributed by atoms with Crippen LogP contribution >= 0.6 is 11.6 Å². The van der Waals surface area contributed by atoms with Crippen LogP contribution in [0.5, 0.6) is 0 Å². The third-order valence-corrected chi connectivity index (χ3v) is 6.24. The number of anilines is 1. The SMILES string of the molecule is CN1CCN(CCc2ccc(NS(=O)(=O)c3cccc(Cl)c3)cc2)CC1. The number of sulfonamides is 1. The molecule has 7 heteroatoms. The van der Waals surface area contributed by atoms with E-state index in [-0.39, 0.29) is 4.90 Å². The fourth-order valence-corrected chi connectivity index (χ4v) is 4.31. The van der Waals surface area contributed by atoms with Crippen molar-refractivity contribution >= 4 is 27.3 Å². The molecule has 0 radical (unpaired) electrons. The fraction of sp³-hybridized carbons (Fsp3) is 0.368. The normalized spacial score (nSPS) is 16.5. The number of benzene rings is 2. The summed E-state index contributed by atoms with van der Waals surface area (Å²) in [6.07, 6.45) is 0.963. The van der Waals surface area contributed by atoms with Crippen molar-refractivity contribution in [2.45, 2.75) is 11.3 Å². The minimum absolute atomic E-state index is 0.157. The first-order valence-electron chi connectivity index (χ1n) is 8.71. The van der Waals surface area contributed by atoms with Gasteiger partial charge in [0.1, 0.15) is 0 Å². The highest BCUT2D eigenvalue weighted by Gasteiger charge is 2.15. The van der Waals surface area contributed by atoms with E-state index in [1.807, 2.05) is 12.1 Å². The van der Waals surface area contributed by atoms with Crippen LogP contribution in [0.25, 0.3) is 0 Å². The number of nitrogens with one attached hydrogen (secondary N) is 1. The van der Waals surface area contributed by atoms with Gasteiger partial charge in [-0.25, -0.2) is 8.42 Å². The van der Waals surface area contributed by atoms with Crippen molar-refractivity contribution in [3.63, 3.8) is 0 Å². The lowest BCUT2D eigenvalue weighted by atomic mass is 10.1. The zero-order chi connectivity index (χ0) is 18.6. The maximum absolute atomic E-state index is 12.4. The lowest BCUT2D eigenvalue weighted by molar-refractivity contribution is 0.155. The summed E-state index contributed by atoms with van der Waals surface area (Å²) in [6.45, 7) is 5.47. The molecule has 0 atom stereocenters. The van der Waals surface area contributed by atoms with Crippen LogP contribution in [-0.4, -0.2) is 58.0 Å². The first kappa shape index (κ1) is 19.2. The Balaban J connectivity index is 1.57. The van der Waals surface area contributed by atoms with Crippen molar-refractivity contribution in [1.82, 2.24) is 9.80 Å². The number of hydrogen-bond acceptors (Lipinski definition) is 4. The molecule has 0 amide bonds. The number of likely N-dealkylation sites (N-methyl/N-ethyl adjacent to an activating group) is 1. The van der Waals surface area contributed by atoms with Crippen molar-refractivity contribution in [1.29, 1.82) is 0 Å². The van der Waals surface area contributed by atoms with Crippen LogP contribution in [0, 0.1) is 0 Å². The molecule has 2 aromatic carbocycles. The average Bonchev–Trinajstić information content (AvgIpc) is 2.62. The number of nitrogens with zero attached hydrogens (tertiary/aromatic N) is 2. The third kappa shape index (κ3) is 5.20. The van der Waals surface area contributed by atoms with Crippen LogP contribution in [0.2, 0.25) is 5.02 Å². The molecule has 0 aromatic heterocycles. The van der Waals surface area contributed by atoms with Gasteiger partial charge < -0.3 is 9.80 Å². The molecule has 2 aromatic rings. The van der Waals surface area contributed by atoms with E-state index in [4.69, 9.17) is 11.6 Å². The molecule has 1 aliphatic heterocycles. The van der Waals surface area contributed by atoms with Gasteiger partial charge in [0.05, 0.1) is 4.90 Å². The minimum atomic E-state index is -3.63. The van der Waals surface area contributed by atoms with Gasteiger partial charge in [-0.2, -0.15) is 0 Å². The smallest absolute Gasteiger partial charge is 0.261 e. The molecule has 26 heavy (non-hydrogen) atoms. The fourth-order valence-electron chi connectivity index (χ4n) is 2.95. The second-order valence-corrected chi connectivity index (χ2v) is 8.77. The molecule has 140 valence electrons. The van der Waals surface area contributed by atoms with Crippen LogP contribution in [0.3, 0.4) is 0 Å². The van der Waals surface area contributed by atoms with Crippen LogP contribution in [-0.2, 0) is 16.4 Å².